The molecule has 26 heavy (non-hydrogen) atoms. The summed E-state index contributed by atoms with van der Waals surface area (Å²) in [4.78, 5) is 23.7. The van der Waals surface area contributed by atoms with Gasteiger partial charge in [0, 0.05) is 5.02 Å². The zero-order valence-corrected chi connectivity index (χ0v) is 14.5. The minimum Gasteiger partial charge on any atom is -0.347 e. The molecule has 0 fully saturated rings. The number of hydrogen-bond donors (Lipinski definition) is 2. The van der Waals surface area contributed by atoms with Crippen molar-refractivity contribution in [3.63, 3.8) is 0 Å². The fourth-order valence-corrected chi connectivity index (χ4v) is 2.36. The standard InChI is InChI=1S/C18H16ClF3N2O2/c1-11-2-4-12(5-3-11)8-16(25)23-10-17(26)24-15-7-6-13(19)9-14(15)18(20,21)22/h2-7,9H,8,10H2,1H3,(H,23,25)(H,24,26). The van der Waals surface area contributed by atoms with Crippen molar-refractivity contribution >= 4 is 29.1 Å². The second kappa shape index (κ2) is 8.23. The first-order valence-corrected chi connectivity index (χ1v) is 8.02. The molecule has 0 unspecified atom stereocenters. The van der Waals surface area contributed by atoms with E-state index < -0.39 is 35.8 Å². The molecule has 2 aromatic carbocycles. The van der Waals surface area contributed by atoms with Crippen LogP contribution in [-0.2, 0) is 22.2 Å². The summed E-state index contributed by atoms with van der Waals surface area (Å²) in [6, 6.07) is 10.3. The predicted molar refractivity (Wildman–Crippen MR) is 93.0 cm³/mol. The molecule has 0 saturated heterocycles. The van der Waals surface area contributed by atoms with Gasteiger partial charge < -0.3 is 10.6 Å². The lowest BCUT2D eigenvalue weighted by Crippen LogP contribution is -2.34. The van der Waals surface area contributed by atoms with Crippen LogP contribution in [0.2, 0.25) is 5.02 Å². The predicted octanol–water partition coefficient (Wildman–Crippen LogP) is 3.96. The number of carbonyl (C=O) groups is 2. The number of hydrogen-bond acceptors (Lipinski definition) is 2. The molecule has 8 heteroatoms. The highest BCUT2D eigenvalue weighted by Crippen LogP contribution is 2.36. The zero-order valence-electron chi connectivity index (χ0n) is 13.8. The smallest absolute Gasteiger partial charge is 0.347 e. The summed E-state index contributed by atoms with van der Waals surface area (Å²) >= 11 is 5.58. The summed E-state index contributed by atoms with van der Waals surface area (Å²) in [5.74, 6) is -1.17. The van der Waals surface area contributed by atoms with Crippen molar-refractivity contribution in [2.24, 2.45) is 0 Å². The molecule has 0 heterocycles. The van der Waals surface area contributed by atoms with Crippen molar-refractivity contribution in [2.45, 2.75) is 19.5 Å². The van der Waals surface area contributed by atoms with E-state index in [0.717, 1.165) is 23.3 Å². The minimum atomic E-state index is -4.66. The number of aryl methyl sites for hydroxylation is 1. The number of alkyl halides is 3. The molecular formula is C18H16ClF3N2O2. The Hall–Kier alpha value is -2.54. The highest BCUT2D eigenvalue weighted by atomic mass is 35.5. The van der Waals surface area contributed by atoms with Gasteiger partial charge in [0.05, 0.1) is 24.2 Å². The molecule has 2 N–H and O–H groups in total. The van der Waals surface area contributed by atoms with Gasteiger partial charge in [-0.2, -0.15) is 13.2 Å². The van der Waals surface area contributed by atoms with Crippen molar-refractivity contribution in [3.05, 3.63) is 64.2 Å². The second-order valence-corrected chi connectivity index (χ2v) is 6.11. The van der Waals surface area contributed by atoms with Crippen molar-refractivity contribution in [3.8, 4) is 0 Å². The number of anilines is 1. The van der Waals surface area contributed by atoms with E-state index in [-0.39, 0.29) is 11.4 Å². The molecule has 2 amide bonds. The van der Waals surface area contributed by atoms with Crippen molar-refractivity contribution in [2.75, 3.05) is 11.9 Å². The molecule has 0 aromatic heterocycles. The van der Waals surface area contributed by atoms with Crippen LogP contribution < -0.4 is 10.6 Å². The van der Waals surface area contributed by atoms with E-state index in [0.29, 0.717) is 0 Å². The van der Waals surface area contributed by atoms with Crippen LogP contribution in [-0.4, -0.2) is 18.4 Å². The van der Waals surface area contributed by atoms with Crippen LogP contribution in [0.25, 0.3) is 0 Å². The van der Waals surface area contributed by atoms with Crippen molar-refractivity contribution < 1.29 is 22.8 Å². The first-order valence-electron chi connectivity index (χ1n) is 7.64. The SMILES string of the molecule is Cc1ccc(CC(=O)NCC(=O)Nc2ccc(Cl)cc2C(F)(F)F)cc1. The minimum absolute atomic E-state index is 0.0717. The molecule has 0 spiro atoms. The Balaban J connectivity index is 1.93. The molecule has 0 bridgehead atoms. The van der Waals surface area contributed by atoms with Crippen LogP contribution in [0.1, 0.15) is 16.7 Å². The Kier molecular flexibility index (Phi) is 6.26. The largest absolute Gasteiger partial charge is 0.418 e. The number of rotatable bonds is 5. The van der Waals surface area contributed by atoms with Gasteiger partial charge in [0.2, 0.25) is 11.8 Å². The molecule has 0 aliphatic rings. The summed E-state index contributed by atoms with van der Waals surface area (Å²) in [5.41, 5.74) is 0.353. The lowest BCUT2D eigenvalue weighted by atomic mass is 10.1. The van der Waals surface area contributed by atoms with Gasteiger partial charge in [0.15, 0.2) is 0 Å². The average molecular weight is 385 g/mol. The van der Waals surface area contributed by atoms with E-state index in [2.05, 4.69) is 10.6 Å². The first-order chi connectivity index (χ1) is 12.1. The molecule has 4 nitrogen and oxygen atoms in total. The summed E-state index contributed by atoms with van der Waals surface area (Å²) in [6.45, 7) is 1.48. The van der Waals surface area contributed by atoms with Crippen LogP contribution >= 0.6 is 11.6 Å². The monoisotopic (exact) mass is 384 g/mol. The Morgan fingerprint density at radius 1 is 1.04 bits per heavy atom. The summed E-state index contributed by atoms with van der Waals surface area (Å²) in [6.07, 6.45) is -4.59. The number of amides is 2. The van der Waals surface area contributed by atoms with Crippen LogP contribution in [0.4, 0.5) is 18.9 Å². The zero-order chi connectivity index (χ0) is 19.3. The van der Waals surface area contributed by atoms with Crippen molar-refractivity contribution in [1.82, 2.24) is 5.32 Å². The fourth-order valence-electron chi connectivity index (χ4n) is 2.19. The summed E-state index contributed by atoms with van der Waals surface area (Å²) < 4.78 is 39.0. The number of halogens is 4. The first kappa shape index (κ1) is 19.8. The van der Waals surface area contributed by atoms with Gasteiger partial charge in [-0.25, -0.2) is 0 Å². The van der Waals surface area contributed by atoms with Crippen LogP contribution in [0.5, 0.6) is 0 Å². The molecule has 0 aliphatic heterocycles. The molecule has 0 radical (unpaired) electrons. The summed E-state index contributed by atoms with van der Waals surface area (Å²) in [7, 11) is 0. The molecular weight excluding hydrogens is 369 g/mol. The second-order valence-electron chi connectivity index (χ2n) is 5.67. The molecule has 0 aliphatic carbocycles. The topological polar surface area (TPSA) is 58.2 Å². The van der Waals surface area contributed by atoms with Crippen molar-refractivity contribution in [1.29, 1.82) is 0 Å². The van der Waals surface area contributed by atoms with E-state index in [1.165, 1.54) is 6.07 Å². The molecule has 138 valence electrons. The molecule has 2 aromatic rings. The van der Waals surface area contributed by atoms with Gasteiger partial charge in [-0.3, -0.25) is 9.59 Å². The maximum absolute atomic E-state index is 13.0. The number of carbonyl (C=O) groups excluding carboxylic acids is 2. The van der Waals surface area contributed by atoms with Gasteiger partial charge in [0.25, 0.3) is 0 Å². The Morgan fingerprint density at radius 3 is 2.31 bits per heavy atom. The molecule has 0 atom stereocenters. The third-order valence-electron chi connectivity index (χ3n) is 3.49. The Morgan fingerprint density at radius 2 is 1.69 bits per heavy atom. The van der Waals surface area contributed by atoms with E-state index >= 15 is 0 Å². The third kappa shape index (κ3) is 5.77. The van der Waals surface area contributed by atoms with Crippen LogP contribution in [0.15, 0.2) is 42.5 Å². The highest BCUT2D eigenvalue weighted by Gasteiger charge is 2.34. The average Bonchev–Trinajstić information content (AvgIpc) is 2.56. The van der Waals surface area contributed by atoms with Crippen LogP contribution in [0, 0.1) is 6.92 Å². The third-order valence-corrected chi connectivity index (χ3v) is 3.73. The summed E-state index contributed by atoms with van der Waals surface area (Å²) in [5, 5.41) is 4.42. The van der Waals surface area contributed by atoms with Crippen LogP contribution in [0.3, 0.4) is 0 Å². The quantitative estimate of drug-likeness (QED) is 0.819. The van der Waals surface area contributed by atoms with E-state index in [9.17, 15) is 22.8 Å². The number of nitrogens with one attached hydrogen (secondary N) is 2. The van der Waals surface area contributed by atoms with E-state index in [1.807, 2.05) is 19.1 Å². The van der Waals surface area contributed by atoms with E-state index in [1.54, 1.807) is 12.1 Å². The maximum Gasteiger partial charge on any atom is 0.418 e. The van der Waals surface area contributed by atoms with Gasteiger partial charge in [-0.05, 0) is 30.7 Å². The van der Waals surface area contributed by atoms with Gasteiger partial charge >= 0.3 is 6.18 Å². The Bertz CT molecular complexity index is 805. The van der Waals surface area contributed by atoms with Gasteiger partial charge in [-0.15, -0.1) is 0 Å². The lowest BCUT2D eigenvalue weighted by molar-refractivity contribution is -0.137. The van der Waals surface area contributed by atoms with Gasteiger partial charge in [-0.1, -0.05) is 41.4 Å². The molecule has 0 saturated carbocycles. The van der Waals surface area contributed by atoms with Gasteiger partial charge in [0.1, 0.15) is 0 Å². The fraction of sp³-hybridized carbons (Fsp3) is 0.222. The normalized spacial score (nSPS) is 11.1. The Labute approximate surface area is 153 Å². The maximum atomic E-state index is 13.0. The van der Waals surface area contributed by atoms with E-state index in [4.69, 9.17) is 11.6 Å². The molecule has 2 rings (SSSR count). The lowest BCUT2D eigenvalue weighted by Gasteiger charge is -2.14. The highest BCUT2D eigenvalue weighted by molar-refractivity contribution is 6.30. The number of benzene rings is 2.